The first-order chi connectivity index (χ1) is 14.6. The number of halogens is 1. The summed E-state index contributed by atoms with van der Waals surface area (Å²) >= 11 is 7.69. The number of fused-ring (bicyclic) bond motifs is 2. The van der Waals surface area contributed by atoms with E-state index in [4.69, 9.17) is 11.6 Å². The summed E-state index contributed by atoms with van der Waals surface area (Å²) in [6.07, 6.45) is 5.32. The predicted molar refractivity (Wildman–Crippen MR) is 122 cm³/mol. The van der Waals surface area contributed by atoms with Gasteiger partial charge in [-0.15, -0.1) is 11.3 Å². The van der Waals surface area contributed by atoms with Crippen LogP contribution in [0.1, 0.15) is 44.0 Å². The number of aryl methyl sites for hydroxylation is 2. The van der Waals surface area contributed by atoms with Gasteiger partial charge in [0.25, 0.3) is 5.56 Å². The molecule has 0 unspecified atom stereocenters. The predicted octanol–water partition coefficient (Wildman–Crippen LogP) is 4.36. The Kier molecular flexibility index (Phi) is 6.34. The van der Waals surface area contributed by atoms with Crippen LogP contribution >= 0.6 is 22.9 Å². The molecule has 0 saturated heterocycles. The first kappa shape index (κ1) is 20.8. The summed E-state index contributed by atoms with van der Waals surface area (Å²) in [5.74, 6) is 0. The van der Waals surface area contributed by atoms with E-state index in [0.717, 1.165) is 49.0 Å². The standard InChI is InChI=1S/C21H24ClN5O2S/c1-2-3-12-26-18-17(24-20(22)25-18)19(28)27(21(26)29)13-8-4-5-11-16-23-14-9-6-7-10-15(14)30-16/h6-7,9-10H,2-5,8,11-13H2,1H3,(H,24,25). The number of para-hydroxylation sites is 1. The van der Waals surface area contributed by atoms with Crippen LogP contribution in [0.15, 0.2) is 33.9 Å². The number of H-pyrrole nitrogens is 1. The van der Waals surface area contributed by atoms with E-state index in [-0.39, 0.29) is 16.5 Å². The molecular formula is C21H24ClN5O2S. The van der Waals surface area contributed by atoms with Crippen LogP contribution in [0.2, 0.25) is 5.28 Å². The Labute approximate surface area is 182 Å². The molecule has 4 rings (SSSR count). The first-order valence-electron chi connectivity index (χ1n) is 10.3. The molecule has 0 aliphatic carbocycles. The van der Waals surface area contributed by atoms with E-state index >= 15 is 0 Å². The van der Waals surface area contributed by atoms with Gasteiger partial charge in [-0.2, -0.15) is 4.98 Å². The Hall–Kier alpha value is -2.45. The number of aromatic amines is 1. The molecule has 9 heteroatoms. The summed E-state index contributed by atoms with van der Waals surface area (Å²) in [6.45, 7) is 2.96. The molecular weight excluding hydrogens is 422 g/mol. The third-order valence-electron chi connectivity index (χ3n) is 5.18. The fraction of sp³-hybridized carbons (Fsp3) is 0.429. The number of hydrogen-bond donors (Lipinski definition) is 1. The largest absolute Gasteiger partial charge is 0.332 e. The van der Waals surface area contributed by atoms with Gasteiger partial charge < -0.3 is 4.98 Å². The Morgan fingerprint density at radius 1 is 1.03 bits per heavy atom. The summed E-state index contributed by atoms with van der Waals surface area (Å²) in [5, 5.41) is 1.25. The minimum absolute atomic E-state index is 0.125. The van der Waals surface area contributed by atoms with Crippen LogP contribution in [0.4, 0.5) is 0 Å². The quantitative estimate of drug-likeness (QED) is 0.306. The highest BCUT2D eigenvalue weighted by molar-refractivity contribution is 7.18. The number of hydrogen-bond acceptors (Lipinski definition) is 5. The molecule has 7 nitrogen and oxygen atoms in total. The maximum absolute atomic E-state index is 12.9. The molecule has 0 saturated carbocycles. The van der Waals surface area contributed by atoms with E-state index in [2.05, 4.69) is 27.9 Å². The maximum atomic E-state index is 12.9. The topological polar surface area (TPSA) is 85.6 Å². The van der Waals surface area contributed by atoms with Gasteiger partial charge in [-0.1, -0.05) is 31.9 Å². The summed E-state index contributed by atoms with van der Waals surface area (Å²) in [4.78, 5) is 37.3. The van der Waals surface area contributed by atoms with Gasteiger partial charge in [0.05, 0.1) is 15.2 Å². The fourth-order valence-electron chi connectivity index (χ4n) is 3.60. The summed E-state index contributed by atoms with van der Waals surface area (Å²) in [6, 6.07) is 8.15. The summed E-state index contributed by atoms with van der Waals surface area (Å²) < 4.78 is 4.08. The molecule has 3 heterocycles. The first-order valence-corrected chi connectivity index (χ1v) is 11.5. The van der Waals surface area contributed by atoms with Gasteiger partial charge in [0.15, 0.2) is 11.2 Å². The second kappa shape index (κ2) is 9.14. The zero-order valence-electron chi connectivity index (χ0n) is 16.9. The van der Waals surface area contributed by atoms with Crippen LogP contribution in [0.25, 0.3) is 21.4 Å². The molecule has 0 aliphatic rings. The Morgan fingerprint density at radius 2 is 1.83 bits per heavy atom. The van der Waals surface area contributed by atoms with Gasteiger partial charge in [-0.05, 0) is 49.4 Å². The molecule has 158 valence electrons. The van der Waals surface area contributed by atoms with Crippen LogP contribution < -0.4 is 11.2 Å². The third-order valence-corrected chi connectivity index (χ3v) is 6.45. The molecule has 3 aromatic heterocycles. The number of nitrogens with one attached hydrogen (secondary N) is 1. The Bertz CT molecular complexity index is 1250. The monoisotopic (exact) mass is 445 g/mol. The van der Waals surface area contributed by atoms with E-state index in [9.17, 15) is 9.59 Å². The number of rotatable bonds is 9. The van der Waals surface area contributed by atoms with Crippen molar-refractivity contribution in [2.45, 2.75) is 58.5 Å². The lowest BCUT2D eigenvalue weighted by Gasteiger charge is -2.10. The number of nitrogens with zero attached hydrogens (tertiary/aromatic N) is 4. The second-order valence-electron chi connectivity index (χ2n) is 7.36. The van der Waals surface area contributed by atoms with Crippen LogP contribution in [0.5, 0.6) is 0 Å². The summed E-state index contributed by atoms with van der Waals surface area (Å²) in [5.41, 5.74) is 1.02. The normalized spacial score (nSPS) is 11.7. The van der Waals surface area contributed by atoms with Crippen molar-refractivity contribution in [2.24, 2.45) is 0 Å². The van der Waals surface area contributed by atoms with Crippen molar-refractivity contribution in [3.63, 3.8) is 0 Å². The molecule has 0 fully saturated rings. The average molecular weight is 446 g/mol. The van der Waals surface area contributed by atoms with Crippen molar-refractivity contribution in [1.29, 1.82) is 0 Å². The van der Waals surface area contributed by atoms with Crippen LogP contribution in [-0.2, 0) is 19.5 Å². The smallest absolute Gasteiger partial charge is 0.323 e. The number of unbranched alkanes of at least 4 members (excludes halogenated alkanes) is 3. The van der Waals surface area contributed by atoms with E-state index < -0.39 is 0 Å². The Balaban J connectivity index is 1.44. The lowest BCUT2D eigenvalue weighted by molar-refractivity contribution is 0.517. The molecule has 0 amide bonds. The zero-order valence-corrected chi connectivity index (χ0v) is 18.4. The number of thiazole rings is 1. The van der Waals surface area contributed by atoms with Crippen molar-refractivity contribution >= 4 is 44.3 Å². The lowest BCUT2D eigenvalue weighted by Crippen LogP contribution is -2.40. The van der Waals surface area contributed by atoms with Crippen molar-refractivity contribution in [1.82, 2.24) is 24.1 Å². The highest BCUT2D eigenvalue weighted by Crippen LogP contribution is 2.23. The molecule has 0 radical (unpaired) electrons. The molecule has 0 spiro atoms. The van der Waals surface area contributed by atoms with Crippen LogP contribution in [-0.4, -0.2) is 24.1 Å². The fourth-order valence-corrected chi connectivity index (χ4v) is 4.79. The minimum atomic E-state index is -0.353. The van der Waals surface area contributed by atoms with Gasteiger partial charge in [0.2, 0.25) is 5.28 Å². The zero-order chi connectivity index (χ0) is 21.1. The highest BCUT2D eigenvalue weighted by Gasteiger charge is 2.16. The molecule has 0 atom stereocenters. The summed E-state index contributed by atoms with van der Waals surface area (Å²) in [7, 11) is 0. The Morgan fingerprint density at radius 3 is 2.63 bits per heavy atom. The molecule has 4 aromatic rings. The van der Waals surface area contributed by atoms with Crippen LogP contribution in [0.3, 0.4) is 0 Å². The van der Waals surface area contributed by atoms with E-state index in [1.54, 1.807) is 15.9 Å². The van der Waals surface area contributed by atoms with Gasteiger partial charge in [0.1, 0.15) is 0 Å². The molecule has 0 aliphatic heterocycles. The second-order valence-corrected chi connectivity index (χ2v) is 8.83. The van der Waals surface area contributed by atoms with Gasteiger partial charge in [-0.25, -0.2) is 9.78 Å². The average Bonchev–Trinajstić information content (AvgIpc) is 3.33. The lowest BCUT2D eigenvalue weighted by atomic mass is 10.2. The highest BCUT2D eigenvalue weighted by atomic mass is 35.5. The minimum Gasteiger partial charge on any atom is -0.323 e. The van der Waals surface area contributed by atoms with E-state index in [1.807, 2.05) is 18.2 Å². The van der Waals surface area contributed by atoms with Crippen molar-refractivity contribution in [3.05, 3.63) is 55.4 Å². The maximum Gasteiger partial charge on any atom is 0.332 e. The van der Waals surface area contributed by atoms with Crippen molar-refractivity contribution in [2.75, 3.05) is 0 Å². The number of imidazole rings is 1. The molecule has 30 heavy (non-hydrogen) atoms. The number of benzene rings is 1. The third kappa shape index (κ3) is 4.20. The molecule has 0 bridgehead atoms. The number of aromatic nitrogens is 5. The molecule has 1 aromatic carbocycles. The van der Waals surface area contributed by atoms with Gasteiger partial charge >= 0.3 is 5.69 Å². The van der Waals surface area contributed by atoms with Gasteiger partial charge in [0, 0.05) is 13.1 Å². The van der Waals surface area contributed by atoms with Crippen molar-refractivity contribution < 1.29 is 0 Å². The molecule has 1 N–H and O–H groups in total. The van der Waals surface area contributed by atoms with E-state index in [1.165, 1.54) is 9.27 Å². The van der Waals surface area contributed by atoms with E-state index in [0.29, 0.717) is 24.3 Å². The van der Waals surface area contributed by atoms with Gasteiger partial charge in [-0.3, -0.25) is 13.9 Å². The SMILES string of the molecule is CCCCn1c(=O)n(CCCCCc2nc3ccccc3s2)c(=O)c2[nH]c(Cl)nc21. The van der Waals surface area contributed by atoms with Crippen molar-refractivity contribution in [3.8, 4) is 0 Å². The van der Waals surface area contributed by atoms with Crippen LogP contribution in [0, 0.1) is 0 Å².